The van der Waals surface area contributed by atoms with Crippen molar-refractivity contribution in [2.24, 2.45) is 4.99 Å². The second kappa shape index (κ2) is 12.3. The third kappa shape index (κ3) is 7.86. The van der Waals surface area contributed by atoms with Crippen molar-refractivity contribution in [2.45, 2.75) is 71.1 Å². The topological polar surface area (TPSA) is 126 Å². The molecule has 1 atom stereocenters. The summed E-state index contributed by atoms with van der Waals surface area (Å²) in [6.07, 6.45) is 10.6. The molecule has 10 nitrogen and oxygen atoms in total. The summed E-state index contributed by atoms with van der Waals surface area (Å²) in [5.41, 5.74) is 3.65. The largest absolute Gasteiger partial charge is 0.359 e. The monoisotopic (exact) mass is 533 g/mol. The molecule has 0 spiro atoms. The molecular formula is C24H39N7O3SSi. The molecule has 2 aromatic heterocycles. The van der Waals surface area contributed by atoms with Gasteiger partial charge in [-0.2, -0.15) is 5.10 Å². The third-order valence-electron chi connectivity index (χ3n) is 6.08. The van der Waals surface area contributed by atoms with Gasteiger partial charge in [-0.15, -0.1) is 0 Å². The molecule has 1 saturated heterocycles. The van der Waals surface area contributed by atoms with Gasteiger partial charge in [0, 0.05) is 45.5 Å². The second-order valence-corrected chi connectivity index (χ2v) is 18.0. The van der Waals surface area contributed by atoms with E-state index in [1.54, 1.807) is 17.1 Å². The normalized spacial score (nSPS) is 18.6. The number of nitrogens with one attached hydrogen (secondary N) is 1. The maximum absolute atomic E-state index is 12.0. The summed E-state index contributed by atoms with van der Waals surface area (Å²) < 4.78 is 33.1. The summed E-state index contributed by atoms with van der Waals surface area (Å²) in [4.78, 5) is 14.4. The number of fused-ring (bicyclic) bond motifs is 1. The first-order valence-corrected chi connectivity index (χ1v) is 18.1. The van der Waals surface area contributed by atoms with Crippen LogP contribution in [0.15, 0.2) is 23.5 Å². The predicted molar refractivity (Wildman–Crippen MR) is 148 cm³/mol. The van der Waals surface area contributed by atoms with E-state index in [9.17, 15) is 8.42 Å². The van der Waals surface area contributed by atoms with Crippen molar-refractivity contribution in [2.75, 3.05) is 26.0 Å². The molecule has 0 saturated carbocycles. The second-order valence-electron chi connectivity index (χ2n) is 10.4. The fourth-order valence-electron chi connectivity index (χ4n) is 4.06. The first kappa shape index (κ1) is 28.3. The van der Waals surface area contributed by atoms with Gasteiger partial charge in [-0.3, -0.25) is 4.99 Å². The molecule has 1 fully saturated rings. The smallest absolute Gasteiger partial charge is 0.211 e. The van der Waals surface area contributed by atoms with Crippen LogP contribution < -0.4 is 0 Å². The Morgan fingerprint density at radius 1 is 1.33 bits per heavy atom. The quantitative estimate of drug-likeness (QED) is 0.251. The molecule has 0 aromatic carbocycles. The van der Waals surface area contributed by atoms with Gasteiger partial charge in [0.25, 0.3) is 0 Å². The summed E-state index contributed by atoms with van der Waals surface area (Å²) in [7, 11) is -4.40. The Balaban J connectivity index is 1.84. The van der Waals surface area contributed by atoms with Crippen LogP contribution in [0.2, 0.25) is 25.7 Å². The van der Waals surface area contributed by atoms with Gasteiger partial charge in [0.1, 0.15) is 12.2 Å². The van der Waals surface area contributed by atoms with Crippen molar-refractivity contribution < 1.29 is 13.2 Å². The summed E-state index contributed by atoms with van der Waals surface area (Å²) in [6.45, 7) is 10.9. The van der Waals surface area contributed by atoms with Crippen LogP contribution in [0.3, 0.4) is 0 Å². The number of piperidine rings is 1. The minimum atomic E-state index is -3.25. The molecule has 2 aromatic rings. The Kier molecular flexibility index (Phi) is 9.67. The Morgan fingerprint density at radius 2 is 2.11 bits per heavy atom. The van der Waals surface area contributed by atoms with Crippen molar-refractivity contribution in [3.63, 3.8) is 0 Å². The summed E-state index contributed by atoms with van der Waals surface area (Å²) >= 11 is 0. The zero-order valence-corrected chi connectivity index (χ0v) is 23.9. The number of hydrogen-bond donors (Lipinski definition) is 1. The van der Waals surface area contributed by atoms with Crippen LogP contribution in [-0.4, -0.2) is 84.5 Å². The highest BCUT2D eigenvalue weighted by molar-refractivity contribution is 7.88. The number of hydrogen-bond acceptors (Lipinski definition) is 8. The first-order valence-electron chi connectivity index (χ1n) is 12.5. The van der Waals surface area contributed by atoms with Gasteiger partial charge in [-0.25, -0.2) is 27.4 Å². The Morgan fingerprint density at radius 3 is 2.78 bits per heavy atom. The number of rotatable bonds is 12. The number of nitrogens with zero attached hydrogens (tertiary/aromatic N) is 6. The minimum Gasteiger partial charge on any atom is -0.359 e. The van der Waals surface area contributed by atoms with Crippen LogP contribution in [-0.2, 0) is 21.5 Å². The van der Waals surface area contributed by atoms with Crippen LogP contribution in [0.5, 0.6) is 0 Å². The van der Waals surface area contributed by atoms with Crippen LogP contribution in [0, 0.1) is 5.41 Å². The van der Waals surface area contributed by atoms with Crippen LogP contribution in [0.1, 0.15) is 38.3 Å². The molecule has 0 bridgehead atoms. The summed E-state index contributed by atoms with van der Waals surface area (Å²) in [6, 6.07) is 0.977. The van der Waals surface area contributed by atoms with E-state index in [4.69, 9.17) is 20.1 Å². The average Bonchev–Trinajstić information content (AvgIpc) is 3.22. The van der Waals surface area contributed by atoms with E-state index in [0.29, 0.717) is 56.1 Å². The van der Waals surface area contributed by atoms with Crippen molar-refractivity contribution in [3.8, 4) is 0 Å². The molecule has 0 amide bonds. The fourth-order valence-corrected chi connectivity index (χ4v) is 5.72. The standard InChI is InChI=1S/C24H39N7O3SSi/c1-6-21(28-19-9-8-12-30(17-19)35(2,32)33)20(10-7-11-25)22-15-26-24-23(29-22)16-27-31(24)18-34-13-14-36(3,4)5/h10-11,15-16,19,25H,6-9,12-14,17-18H2,1-5H3/b20-10+,25-11?,28-21?. The molecule has 0 radical (unpaired) electrons. The average molecular weight is 534 g/mol. The van der Waals surface area contributed by atoms with E-state index >= 15 is 0 Å². The van der Waals surface area contributed by atoms with Crippen LogP contribution in [0.4, 0.5) is 0 Å². The van der Waals surface area contributed by atoms with Crippen molar-refractivity contribution in [1.82, 2.24) is 24.1 Å². The van der Waals surface area contributed by atoms with Crippen molar-refractivity contribution >= 4 is 46.8 Å². The molecule has 1 aliphatic rings. The molecular weight excluding hydrogens is 494 g/mol. The molecule has 36 heavy (non-hydrogen) atoms. The zero-order valence-electron chi connectivity index (χ0n) is 22.1. The lowest BCUT2D eigenvalue weighted by molar-refractivity contribution is 0.0813. The molecule has 3 heterocycles. The lowest BCUT2D eigenvalue weighted by atomic mass is 10.0. The van der Waals surface area contributed by atoms with E-state index in [-0.39, 0.29) is 6.04 Å². The maximum Gasteiger partial charge on any atom is 0.211 e. The number of sulfonamides is 1. The van der Waals surface area contributed by atoms with Gasteiger partial charge >= 0.3 is 0 Å². The Bertz CT molecular complexity index is 1220. The third-order valence-corrected chi connectivity index (χ3v) is 9.06. The molecule has 198 valence electrons. The molecule has 1 N–H and O–H groups in total. The van der Waals surface area contributed by atoms with E-state index in [1.807, 2.05) is 13.0 Å². The lowest BCUT2D eigenvalue weighted by Crippen LogP contribution is -2.41. The van der Waals surface area contributed by atoms with E-state index < -0.39 is 18.1 Å². The number of aliphatic imine (C=N–C) groups is 1. The number of aromatic nitrogens is 4. The molecule has 12 heteroatoms. The number of allylic oxidation sites excluding steroid dienone is 2. The highest BCUT2D eigenvalue weighted by atomic mass is 32.2. The van der Waals surface area contributed by atoms with E-state index in [2.05, 4.69) is 29.7 Å². The van der Waals surface area contributed by atoms with E-state index in [0.717, 1.165) is 30.2 Å². The van der Waals surface area contributed by atoms with Gasteiger partial charge in [0.05, 0.1) is 30.4 Å². The van der Waals surface area contributed by atoms with Gasteiger partial charge < -0.3 is 10.1 Å². The van der Waals surface area contributed by atoms with Gasteiger partial charge in [0.2, 0.25) is 10.0 Å². The number of ether oxygens (including phenoxy) is 1. The van der Waals surface area contributed by atoms with Gasteiger partial charge in [-0.05, 0) is 31.5 Å². The van der Waals surface area contributed by atoms with Crippen molar-refractivity contribution in [1.29, 1.82) is 5.41 Å². The van der Waals surface area contributed by atoms with Crippen LogP contribution >= 0.6 is 0 Å². The van der Waals surface area contributed by atoms with Gasteiger partial charge in [0.15, 0.2) is 5.65 Å². The maximum atomic E-state index is 12.0. The highest BCUT2D eigenvalue weighted by Gasteiger charge is 2.26. The molecule has 0 aliphatic carbocycles. The first-order chi connectivity index (χ1) is 17.0. The van der Waals surface area contributed by atoms with Crippen LogP contribution in [0.25, 0.3) is 16.7 Å². The molecule has 1 aliphatic heterocycles. The summed E-state index contributed by atoms with van der Waals surface area (Å²) in [5.74, 6) is 0. The van der Waals surface area contributed by atoms with Gasteiger partial charge in [-0.1, -0.05) is 32.6 Å². The van der Waals surface area contributed by atoms with E-state index in [1.165, 1.54) is 16.8 Å². The van der Waals surface area contributed by atoms with Crippen molar-refractivity contribution in [3.05, 3.63) is 24.2 Å². The Hall–Kier alpha value is -2.28. The lowest BCUT2D eigenvalue weighted by Gasteiger charge is -2.29. The molecule has 1 unspecified atom stereocenters. The molecule has 3 rings (SSSR count). The SMILES string of the molecule is CCC(=NC1CCCN(S(C)(=O)=O)C1)/C(=C\CC=N)c1cnc2c(cnn2COCC[Si](C)(C)C)n1. The fraction of sp³-hybridized carbons (Fsp3) is 0.625. The summed E-state index contributed by atoms with van der Waals surface area (Å²) in [5, 5.41) is 11.9. The Labute approximate surface area is 215 Å². The minimum absolute atomic E-state index is 0.112. The zero-order chi connectivity index (χ0) is 26.3. The highest BCUT2D eigenvalue weighted by Crippen LogP contribution is 2.23. The predicted octanol–water partition coefficient (Wildman–Crippen LogP) is 3.84.